The Bertz CT molecular complexity index is 344. The van der Waals surface area contributed by atoms with E-state index in [1.54, 1.807) is 0 Å². The van der Waals surface area contributed by atoms with Crippen LogP contribution in [0.1, 0.15) is 25.3 Å². The molecule has 0 fully saturated rings. The van der Waals surface area contributed by atoms with Crippen LogP contribution in [0.4, 0.5) is 4.39 Å². The molecule has 1 atom stereocenters. The summed E-state index contributed by atoms with van der Waals surface area (Å²) in [5.74, 6) is 0.496. The summed E-state index contributed by atoms with van der Waals surface area (Å²) in [4.78, 5) is 0. The Hall–Kier alpha value is -0.610. The van der Waals surface area contributed by atoms with E-state index in [4.69, 9.17) is 10.5 Å². The Morgan fingerprint density at radius 2 is 2.20 bits per heavy atom. The van der Waals surface area contributed by atoms with Gasteiger partial charge in [-0.1, -0.05) is 6.92 Å². The van der Waals surface area contributed by atoms with Crippen LogP contribution in [-0.4, -0.2) is 13.2 Å². The minimum atomic E-state index is -0.277. The lowest BCUT2D eigenvalue weighted by Crippen LogP contribution is -2.11. The van der Waals surface area contributed by atoms with Gasteiger partial charge in [0.05, 0.1) is 11.1 Å². The molecule has 1 unspecified atom stereocenters. The zero-order valence-electron chi connectivity index (χ0n) is 8.89. The fourth-order valence-electron chi connectivity index (χ4n) is 1.37. The summed E-state index contributed by atoms with van der Waals surface area (Å²) >= 11 is 3.29. The second-order valence-electron chi connectivity index (χ2n) is 3.38. The highest BCUT2D eigenvalue weighted by molar-refractivity contribution is 9.10. The van der Waals surface area contributed by atoms with E-state index < -0.39 is 0 Å². The molecule has 84 valence electrons. The molecule has 0 bridgehead atoms. The van der Waals surface area contributed by atoms with Crippen LogP contribution in [0.3, 0.4) is 0 Å². The van der Waals surface area contributed by atoms with E-state index in [1.165, 1.54) is 12.1 Å². The van der Waals surface area contributed by atoms with E-state index in [9.17, 15) is 4.39 Å². The third-order valence-electron chi connectivity index (χ3n) is 2.21. The molecule has 0 heterocycles. The predicted octanol–water partition coefficient (Wildman–Crippen LogP) is 3.05. The van der Waals surface area contributed by atoms with Gasteiger partial charge in [-0.3, -0.25) is 0 Å². The molecule has 1 aromatic carbocycles. The first-order chi connectivity index (χ1) is 7.10. The average Bonchev–Trinajstić information content (AvgIpc) is 2.20. The molecule has 0 amide bonds. The van der Waals surface area contributed by atoms with Crippen molar-refractivity contribution in [2.75, 3.05) is 13.2 Å². The molecule has 1 rings (SSSR count). The van der Waals surface area contributed by atoms with Crippen LogP contribution in [0.15, 0.2) is 16.6 Å². The summed E-state index contributed by atoms with van der Waals surface area (Å²) in [6, 6.07) is 2.88. The fourth-order valence-corrected chi connectivity index (χ4v) is 1.93. The first-order valence-electron chi connectivity index (χ1n) is 4.92. The zero-order valence-corrected chi connectivity index (χ0v) is 10.5. The summed E-state index contributed by atoms with van der Waals surface area (Å²) < 4.78 is 19.3. The highest BCUT2D eigenvalue weighted by Gasteiger charge is 2.15. The molecule has 15 heavy (non-hydrogen) atoms. The maximum atomic E-state index is 13.2. The van der Waals surface area contributed by atoms with Crippen LogP contribution in [0.25, 0.3) is 0 Å². The van der Waals surface area contributed by atoms with Crippen molar-refractivity contribution >= 4 is 15.9 Å². The second kappa shape index (κ2) is 5.47. The van der Waals surface area contributed by atoms with E-state index in [0.29, 0.717) is 23.4 Å². The Kier molecular flexibility index (Phi) is 4.54. The zero-order chi connectivity index (χ0) is 11.4. The molecule has 1 aromatic rings. The van der Waals surface area contributed by atoms with Gasteiger partial charge in [-0.25, -0.2) is 4.39 Å². The first kappa shape index (κ1) is 12.5. The van der Waals surface area contributed by atoms with Crippen molar-refractivity contribution in [3.8, 4) is 5.75 Å². The summed E-state index contributed by atoms with van der Waals surface area (Å²) in [5, 5.41) is 0. The molecule has 0 aromatic heterocycles. The molecule has 0 aliphatic carbocycles. The van der Waals surface area contributed by atoms with Crippen LogP contribution >= 0.6 is 15.9 Å². The van der Waals surface area contributed by atoms with E-state index in [1.807, 2.05) is 13.8 Å². The van der Waals surface area contributed by atoms with Gasteiger partial charge in [-0.05, 0) is 47.4 Å². The molecule has 0 saturated heterocycles. The van der Waals surface area contributed by atoms with Crippen LogP contribution in [-0.2, 0) is 0 Å². The van der Waals surface area contributed by atoms with Crippen LogP contribution < -0.4 is 10.5 Å². The Morgan fingerprint density at radius 1 is 1.53 bits per heavy atom. The van der Waals surface area contributed by atoms with Gasteiger partial charge in [0, 0.05) is 5.56 Å². The standard InChI is InChI=1S/C11H15BrFNO/c1-3-15-11-9(7(2)6-14)4-8(13)5-10(11)12/h4-5,7H,3,6,14H2,1-2H3. The Balaban J connectivity index is 3.20. The second-order valence-corrected chi connectivity index (χ2v) is 4.23. The van der Waals surface area contributed by atoms with Gasteiger partial charge in [0.2, 0.25) is 0 Å². The largest absolute Gasteiger partial charge is 0.492 e. The number of hydrogen-bond donors (Lipinski definition) is 1. The predicted molar refractivity (Wildman–Crippen MR) is 62.7 cm³/mol. The first-order valence-corrected chi connectivity index (χ1v) is 5.71. The lowest BCUT2D eigenvalue weighted by molar-refractivity contribution is 0.331. The minimum absolute atomic E-state index is 0.0820. The Morgan fingerprint density at radius 3 is 2.73 bits per heavy atom. The molecule has 0 aliphatic rings. The number of ether oxygens (including phenoxy) is 1. The van der Waals surface area contributed by atoms with Gasteiger partial charge in [-0.2, -0.15) is 0 Å². The van der Waals surface area contributed by atoms with Crippen molar-refractivity contribution in [1.82, 2.24) is 0 Å². The van der Waals surface area contributed by atoms with E-state index >= 15 is 0 Å². The van der Waals surface area contributed by atoms with Gasteiger partial charge in [0.15, 0.2) is 0 Å². The minimum Gasteiger partial charge on any atom is -0.492 e. The van der Waals surface area contributed by atoms with Crippen LogP contribution in [0, 0.1) is 5.82 Å². The SMILES string of the molecule is CCOc1c(Br)cc(F)cc1C(C)CN. The summed E-state index contributed by atoms with van der Waals surface area (Å²) in [7, 11) is 0. The van der Waals surface area contributed by atoms with Crippen molar-refractivity contribution in [3.63, 3.8) is 0 Å². The molecular formula is C11H15BrFNO. The molecular weight excluding hydrogens is 261 g/mol. The fraction of sp³-hybridized carbons (Fsp3) is 0.455. The van der Waals surface area contributed by atoms with Gasteiger partial charge >= 0.3 is 0 Å². The Labute approximate surface area is 97.7 Å². The topological polar surface area (TPSA) is 35.2 Å². The van der Waals surface area contributed by atoms with Crippen molar-refractivity contribution in [2.24, 2.45) is 5.73 Å². The third-order valence-corrected chi connectivity index (χ3v) is 2.80. The highest BCUT2D eigenvalue weighted by Crippen LogP contribution is 2.34. The highest BCUT2D eigenvalue weighted by atomic mass is 79.9. The number of hydrogen-bond acceptors (Lipinski definition) is 2. The van der Waals surface area contributed by atoms with Crippen molar-refractivity contribution in [3.05, 3.63) is 28.0 Å². The molecule has 0 spiro atoms. The van der Waals surface area contributed by atoms with E-state index in [2.05, 4.69) is 15.9 Å². The molecule has 2 N–H and O–H groups in total. The van der Waals surface area contributed by atoms with Crippen molar-refractivity contribution in [2.45, 2.75) is 19.8 Å². The smallest absolute Gasteiger partial charge is 0.137 e. The number of nitrogens with two attached hydrogens (primary N) is 1. The molecule has 0 radical (unpaired) electrons. The lowest BCUT2D eigenvalue weighted by atomic mass is 10.0. The van der Waals surface area contributed by atoms with Gasteiger partial charge in [0.25, 0.3) is 0 Å². The van der Waals surface area contributed by atoms with Gasteiger partial charge < -0.3 is 10.5 Å². The number of benzene rings is 1. The normalized spacial score (nSPS) is 12.6. The quantitative estimate of drug-likeness (QED) is 0.917. The lowest BCUT2D eigenvalue weighted by Gasteiger charge is -2.16. The molecule has 4 heteroatoms. The average molecular weight is 276 g/mol. The maximum Gasteiger partial charge on any atom is 0.137 e. The summed E-state index contributed by atoms with van der Waals surface area (Å²) in [6.07, 6.45) is 0. The van der Waals surface area contributed by atoms with Crippen LogP contribution in [0.5, 0.6) is 5.75 Å². The van der Waals surface area contributed by atoms with Gasteiger partial charge in [0.1, 0.15) is 11.6 Å². The van der Waals surface area contributed by atoms with Gasteiger partial charge in [-0.15, -0.1) is 0 Å². The third kappa shape index (κ3) is 2.92. The maximum absolute atomic E-state index is 13.2. The molecule has 0 saturated carbocycles. The molecule has 0 aliphatic heterocycles. The van der Waals surface area contributed by atoms with Crippen LogP contribution in [0.2, 0.25) is 0 Å². The summed E-state index contributed by atoms with van der Waals surface area (Å²) in [5.41, 5.74) is 6.39. The number of rotatable bonds is 4. The monoisotopic (exact) mass is 275 g/mol. The molecule has 2 nitrogen and oxygen atoms in total. The summed E-state index contributed by atoms with van der Waals surface area (Å²) in [6.45, 7) is 4.86. The van der Waals surface area contributed by atoms with E-state index in [0.717, 1.165) is 5.56 Å². The van der Waals surface area contributed by atoms with Crippen molar-refractivity contribution < 1.29 is 9.13 Å². The van der Waals surface area contributed by atoms with Crippen molar-refractivity contribution in [1.29, 1.82) is 0 Å². The number of halogens is 2. The van der Waals surface area contributed by atoms with E-state index in [-0.39, 0.29) is 11.7 Å².